The normalized spacial score (nSPS) is 11.6. The number of fused-ring (bicyclic) bond motifs is 1. The first-order valence-electron chi connectivity index (χ1n) is 7.51. The first-order chi connectivity index (χ1) is 12.3. The Bertz CT molecular complexity index is 981. The number of rotatable bonds is 6. The maximum atomic E-state index is 13.9. The maximum absolute atomic E-state index is 13.9. The summed E-state index contributed by atoms with van der Waals surface area (Å²) in [5.41, 5.74) is 1.57. The molecule has 0 aliphatic rings. The van der Waals surface area contributed by atoms with E-state index in [-0.39, 0.29) is 6.42 Å². The van der Waals surface area contributed by atoms with Crippen LogP contribution in [0.15, 0.2) is 28.5 Å². The molecule has 0 atom stereocenters. The van der Waals surface area contributed by atoms with E-state index in [4.69, 9.17) is 5.11 Å². The quantitative estimate of drug-likeness (QED) is 0.580. The van der Waals surface area contributed by atoms with E-state index in [2.05, 4.69) is 0 Å². The molecule has 0 saturated carbocycles. The van der Waals surface area contributed by atoms with E-state index in [1.807, 2.05) is 0 Å². The number of aromatic hydroxyl groups is 1. The SMILES string of the molecule is Cc1c(CC(=O)O)c2cc(O)c(F)cc2n1Cc1ccc(SC(F)F)s1. The summed E-state index contributed by atoms with van der Waals surface area (Å²) in [6.45, 7) is 2.01. The molecule has 4 nitrogen and oxygen atoms in total. The van der Waals surface area contributed by atoms with Crippen LogP contribution in [0.3, 0.4) is 0 Å². The van der Waals surface area contributed by atoms with Crippen LogP contribution in [-0.2, 0) is 17.8 Å². The highest BCUT2D eigenvalue weighted by Crippen LogP contribution is 2.35. The van der Waals surface area contributed by atoms with E-state index in [1.54, 1.807) is 23.6 Å². The zero-order valence-electron chi connectivity index (χ0n) is 13.5. The van der Waals surface area contributed by atoms with Crippen LogP contribution in [0.4, 0.5) is 13.2 Å². The second-order valence-corrected chi connectivity index (χ2v) is 8.10. The molecule has 0 aliphatic carbocycles. The zero-order valence-corrected chi connectivity index (χ0v) is 15.1. The fraction of sp³-hybridized carbons (Fsp3) is 0.235. The molecule has 26 heavy (non-hydrogen) atoms. The van der Waals surface area contributed by atoms with Gasteiger partial charge in [-0.1, -0.05) is 0 Å². The zero-order chi connectivity index (χ0) is 19.0. The maximum Gasteiger partial charge on any atom is 0.307 e. The number of aromatic nitrogens is 1. The number of phenols is 1. The molecule has 0 saturated heterocycles. The number of aliphatic carboxylic acids is 1. The summed E-state index contributed by atoms with van der Waals surface area (Å²) in [6.07, 6.45) is -0.267. The summed E-state index contributed by atoms with van der Waals surface area (Å²) >= 11 is 1.67. The van der Waals surface area contributed by atoms with E-state index < -0.39 is 23.3 Å². The van der Waals surface area contributed by atoms with Gasteiger partial charge in [0.2, 0.25) is 0 Å². The molecule has 9 heteroatoms. The Labute approximate surface area is 154 Å². The minimum atomic E-state index is -2.50. The molecule has 2 heterocycles. The van der Waals surface area contributed by atoms with Crippen molar-refractivity contribution in [2.24, 2.45) is 0 Å². The van der Waals surface area contributed by atoms with Crippen molar-refractivity contribution in [2.45, 2.75) is 29.9 Å². The molecule has 2 aromatic heterocycles. The number of carboxylic acid groups (broad SMARTS) is 1. The van der Waals surface area contributed by atoms with E-state index in [0.717, 1.165) is 10.9 Å². The van der Waals surface area contributed by atoms with Crippen LogP contribution >= 0.6 is 23.1 Å². The van der Waals surface area contributed by atoms with Crippen molar-refractivity contribution in [3.05, 3.63) is 46.2 Å². The molecular formula is C17H14F3NO3S2. The van der Waals surface area contributed by atoms with Crippen molar-refractivity contribution >= 4 is 40.0 Å². The summed E-state index contributed by atoms with van der Waals surface area (Å²) in [4.78, 5) is 12.0. The van der Waals surface area contributed by atoms with Gasteiger partial charge in [0, 0.05) is 22.0 Å². The standard InChI is InChI=1S/C17H14F3NO3S2/c1-8-10(5-15(23)24)11-4-14(22)12(18)6-13(11)21(8)7-9-2-3-16(25-9)26-17(19)20/h2-4,6,17,22H,5,7H2,1H3,(H,23,24). The second-order valence-electron chi connectivity index (χ2n) is 5.64. The average molecular weight is 401 g/mol. The molecule has 0 fully saturated rings. The lowest BCUT2D eigenvalue weighted by Gasteiger charge is -2.07. The minimum Gasteiger partial charge on any atom is -0.505 e. The van der Waals surface area contributed by atoms with Crippen LogP contribution in [-0.4, -0.2) is 26.5 Å². The highest BCUT2D eigenvalue weighted by molar-refractivity contribution is 8.01. The van der Waals surface area contributed by atoms with Crippen LogP contribution < -0.4 is 0 Å². The third kappa shape index (κ3) is 3.68. The lowest BCUT2D eigenvalue weighted by Crippen LogP contribution is -2.04. The van der Waals surface area contributed by atoms with Gasteiger partial charge in [0.25, 0.3) is 5.76 Å². The third-order valence-corrected chi connectivity index (χ3v) is 5.96. The van der Waals surface area contributed by atoms with Crippen LogP contribution in [0.25, 0.3) is 10.9 Å². The number of benzene rings is 1. The molecule has 1 aromatic carbocycles. The van der Waals surface area contributed by atoms with Crippen LogP contribution in [0.1, 0.15) is 16.1 Å². The van der Waals surface area contributed by atoms with Crippen molar-refractivity contribution in [2.75, 3.05) is 0 Å². The molecule has 0 radical (unpaired) electrons. The minimum absolute atomic E-state index is 0.267. The number of carbonyl (C=O) groups is 1. The van der Waals surface area contributed by atoms with E-state index in [9.17, 15) is 23.1 Å². The summed E-state index contributed by atoms with van der Waals surface area (Å²) in [5.74, 6) is -4.90. The highest BCUT2D eigenvalue weighted by atomic mass is 32.2. The Hall–Kier alpha value is -2.13. The lowest BCUT2D eigenvalue weighted by molar-refractivity contribution is -0.136. The van der Waals surface area contributed by atoms with Crippen molar-refractivity contribution < 1.29 is 28.2 Å². The third-order valence-electron chi connectivity index (χ3n) is 4.01. The van der Waals surface area contributed by atoms with Gasteiger partial charge in [0.15, 0.2) is 11.6 Å². The largest absolute Gasteiger partial charge is 0.505 e. The van der Waals surface area contributed by atoms with Crippen molar-refractivity contribution in [1.82, 2.24) is 4.57 Å². The molecule has 3 rings (SSSR count). The number of carboxylic acids is 1. The number of nitrogens with zero attached hydrogens (tertiary/aromatic N) is 1. The monoisotopic (exact) mass is 401 g/mol. The second kappa shape index (κ2) is 7.24. The number of thioether (sulfide) groups is 1. The number of phenolic OH excluding ortho intramolecular Hbond substituents is 1. The number of alkyl halides is 2. The molecule has 0 spiro atoms. The van der Waals surface area contributed by atoms with Gasteiger partial charge in [0.1, 0.15) is 0 Å². The van der Waals surface area contributed by atoms with Gasteiger partial charge >= 0.3 is 5.97 Å². The van der Waals surface area contributed by atoms with Crippen LogP contribution in [0.2, 0.25) is 0 Å². The Morgan fingerprint density at radius 1 is 1.35 bits per heavy atom. The van der Waals surface area contributed by atoms with Gasteiger partial charge < -0.3 is 14.8 Å². The Balaban J connectivity index is 2.07. The molecule has 0 unspecified atom stereocenters. The van der Waals surface area contributed by atoms with Gasteiger partial charge in [-0.15, -0.1) is 11.3 Å². The van der Waals surface area contributed by atoms with Crippen molar-refractivity contribution in [3.63, 3.8) is 0 Å². The van der Waals surface area contributed by atoms with Gasteiger partial charge in [0.05, 0.1) is 22.7 Å². The number of halogens is 3. The summed E-state index contributed by atoms with van der Waals surface area (Å²) in [6, 6.07) is 5.70. The highest BCUT2D eigenvalue weighted by Gasteiger charge is 2.19. The Morgan fingerprint density at radius 3 is 2.73 bits per heavy atom. The van der Waals surface area contributed by atoms with Crippen molar-refractivity contribution in [1.29, 1.82) is 0 Å². The fourth-order valence-electron chi connectivity index (χ4n) is 2.88. The Morgan fingerprint density at radius 2 is 2.08 bits per heavy atom. The molecule has 138 valence electrons. The Kier molecular flexibility index (Phi) is 5.19. The van der Waals surface area contributed by atoms with E-state index >= 15 is 0 Å². The molecule has 2 N–H and O–H groups in total. The summed E-state index contributed by atoms with van der Waals surface area (Å²) < 4.78 is 41.0. The van der Waals surface area contributed by atoms with E-state index in [0.29, 0.717) is 44.7 Å². The van der Waals surface area contributed by atoms with Gasteiger partial charge in [-0.2, -0.15) is 8.78 Å². The predicted octanol–water partition coefficient (Wildman–Crippen LogP) is 4.85. The molecular weight excluding hydrogens is 387 g/mol. The topological polar surface area (TPSA) is 62.5 Å². The molecule has 0 bridgehead atoms. The van der Waals surface area contributed by atoms with Gasteiger partial charge in [-0.3, -0.25) is 4.79 Å². The smallest absolute Gasteiger partial charge is 0.307 e. The van der Waals surface area contributed by atoms with Crippen LogP contribution in [0.5, 0.6) is 5.75 Å². The van der Waals surface area contributed by atoms with E-state index in [1.165, 1.54) is 17.4 Å². The molecule has 0 aliphatic heterocycles. The van der Waals surface area contributed by atoms with Gasteiger partial charge in [-0.05, 0) is 42.4 Å². The predicted molar refractivity (Wildman–Crippen MR) is 94.9 cm³/mol. The fourth-order valence-corrected chi connectivity index (χ4v) is 4.66. The summed E-state index contributed by atoms with van der Waals surface area (Å²) in [7, 11) is 0. The first-order valence-corrected chi connectivity index (χ1v) is 9.21. The van der Waals surface area contributed by atoms with Crippen molar-refractivity contribution in [3.8, 4) is 5.75 Å². The number of hydrogen-bond acceptors (Lipinski definition) is 4. The first kappa shape index (κ1) is 18.7. The lowest BCUT2D eigenvalue weighted by atomic mass is 10.1. The van der Waals surface area contributed by atoms with Gasteiger partial charge in [-0.25, -0.2) is 4.39 Å². The summed E-state index contributed by atoms with van der Waals surface area (Å²) in [5, 5.41) is 19.3. The number of hydrogen-bond donors (Lipinski definition) is 2. The van der Waals surface area contributed by atoms with Crippen LogP contribution in [0, 0.1) is 12.7 Å². The average Bonchev–Trinajstić information content (AvgIpc) is 3.06. The molecule has 0 amide bonds. The molecule has 3 aromatic rings. The number of thiophene rings is 1.